The molecule has 1 aliphatic carbocycles. The molecule has 2 amide bonds. The molecule has 1 aromatic heterocycles. The molecule has 31 heavy (non-hydrogen) atoms. The van der Waals surface area contributed by atoms with Gasteiger partial charge in [0.2, 0.25) is 0 Å². The summed E-state index contributed by atoms with van der Waals surface area (Å²) in [6.07, 6.45) is 2.14. The lowest BCUT2D eigenvalue weighted by Gasteiger charge is -2.27. The Kier molecular flexibility index (Phi) is 5.21. The van der Waals surface area contributed by atoms with Crippen molar-refractivity contribution in [1.29, 1.82) is 0 Å². The topological polar surface area (TPSA) is 84.4 Å². The maximum atomic E-state index is 13.1. The molecule has 0 radical (unpaired) electrons. The molecule has 3 aromatic rings. The normalized spacial score (nSPS) is 22.8. The number of aryl methyl sites for hydroxylation is 1. The maximum absolute atomic E-state index is 13.1. The van der Waals surface area contributed by atoms with E-state index >= 15 is 0 Å². The number of hydrogen-bond acceptors (Lipinski definition) is 4. The van der Waals surface area contributed by atoms with Gasteiger partial charge < -0.3 is 25.3 Å². The van der Waals surface area contributed by atoms with Crippen LogP contribution in [-0.4, -0.2) is 48.2 Å². The van der Waals surface area contributed by atoms with E-state index < -0.39 is 6.10 Å². The number of hydrogen-bond donors (Lipinski definition) is 3. The summed E-state index contributed by atoms with van der Waals surface area (Å²) in [5.74, 6) is -0.294. The molecule has 2 aromatic carbocycles. The van der Waals surface area contributed by atoms with Gasteiger partial charge in [-0.1, -0.05) is 24.3 Å². The first-order valence-corrected chi connectivity index (χ1v) is 10.7. The summed E-state index contributed by atoms with van der Waals surface area (Å²) in [6.45, 7) is 1.76. The van der Waals surface area contributed by atoms with E-state index in [1.54, 1.807) is 0 Å². The first-order chi connectivity index (χ1) is 15.1. The lowest BCUT2D eigenvalue weighted by molar-refractivity contribution is -0.135. The fourth-order valence-electron chi connectivity index (χ4n) is 4.56. The van der Waals surface area contributed by atoms with Crippen molar-refractivity contribution >= 4 is 22.7 Å². The van der Waals surface area contributed by atoms with Gasteiger partial charge in [-0.05, 0) is 41.8 Å². The summed E-state index contributed by atoms with van der Waals surface area (Å²) in [7, 11) is 1.98. The number of aromatic nitrogens is 1. The first-order valence-electron chi connectivity index (χ1n) is 10.7. The fourth-order valence-corrected chi connectivity index (χ4v) is 4.56. The lowest BCUT2D eigenvalue weighted by Crippen LogP contribution is -2.51. The highest BCUT2D eigenvalue weighted by atomic mass is 16.5. The molecule has 7 heteroatoms. The Morgan fingerprint density at radius 3 is 2.84 bits per heavy atom. The van der Waals surface area contributed by atoms with Gasteiger partial charge in [-0.15, -0.1) is 0 Å². The van der Waals surface area contributed by atoms with Gasteiger partial charge in [-0.25, -0.2) is 0 Å². The van der Waals surface area contributed by atoms with E-state index in [-0.39, 0.29) is 23.9 Å². The highest BCUT2D eigenvalue weighted by Gasteiger charge is 2.36. The Balaban J connectivity index is 1.36. The van der Waals surface area contributed by atoms with Gasteiger partial charge in [0.1, 0.15) is 6.10 Å². The number of nitrogens with one attached hydrogen (secondary N) is 3. The SMILES string of the molecule is Cn1ccc2cc(C(=O)N[C@H]3Cc4ccccc4[C@@H]3NC(=O)[C@@H]3CNCCO3)ccc21. The van der Waals surface area contributed by atoms with E-state index in [0.29, 0.717) is 25.1 Å². The average Bonchev–Trinajstić information content (AvgIpc) is 3.34. The fraction of sp³-hybridized carbons (Fsp3) is 0.333. The van der Waals surface area contributed by atoms with Crippen LogP contribution >= 0.6 is 0 Å². The van der Waals surface area contributed by atoms with Crippen LogP contribution in [0.5, 0.6) is 0 Å². The summed E-state index contributed by atoms with van der Waals surface area (Å²) in [6, 6.07) is 15.2. The van der Waals surface area contributed by atoms with Crippen LogP contribution in [0.2, 0.25) is 0 Å². The van der Waals surface area contributed by atoms with Crippen LogP contribution in [0, 0.1) is 0 Å². The highest BCUT2D eigenvalue weighted by molar-refractivity contribution is 5.98. The van der Waals surface area contributed by atoms with Crippen molar-refractivity contribution < 1.29 is 14.3 Å². The molecule has 5 rings (SSSR count). The third kappa shape index (κ3) is 3.82. The largest absolute Gasteiger partial charge is 0.366 e. The Morgan fingerprint density at radius 2 is 2.00 bits per heavy atom. The lowest BCUT2D eigenvalue weighted by atomic mass is 10.1. The molecular formula is C24H26N4O3. The quantitative estimate of drug-likeness (QED) is 0.602. The van der Waals surface area contributed by atoms with E-state index in [2.05, 4.69) is 22.0 Å². The predicted molar refractivity (Wildman–Crippen MR) is 118 cm³/mol. The third-order valence-corrected chi connectivity index (χ3v) is 6.21. The molecule has 1 aliphatic heterocycles. The zero-order valence-electron chi connectivity index (χ0n) is 17.4. The van der Waals surface area contributed by atoms with E-state index in [1.165, 1.54) is 0 Å². The Labute approximate surface area is 180 Å². The molecule has 160 valence electrons. The minimum absolute atomic E-state index is 0.140. The van der Waals surface area contributed by atoms with E-state index in [4.69, 9.17) is 4.74 Å². The number of morpholine rings is 1. The molecule has 1 fully saturated rings. The van der Waals surface area contributed by atoms with Crippen molar-refractivity contribution in [2.24, 2.45) is 7.05 Å². The van der Waals surface area contributed by atoms with Crippen LogP contribution in [0.3, 0.4) is 0 Å². The number of nitrogens with zero attached hydrogens (tertiary/aromatic N) is 1. The van der Waals surface area contributed by atoms with E-state index in [0.717, 1.165) is 28.6 Å². The molecule has 3 atom stereocenters. The Morgan fingerprint density at radius 1 is 1.13 bits per heavy atom. The molecule has 2 aliphatic rings. The average molecular weight is 418 g/mol. The minimum atomic E-state index is -0.515. The molecule has 0 bridgehead atoms. The summed E-state index contributed by atoms with van der Waals surface area (Å²) >= 11 is 0. The Hall–Kier alpha value is -3.16. The molecule has 2 heterocycles. The third-order valence-electron chi connectivity index (χ3n) is 6.21. The monoisotopic (exact) mass is 418 g/mol. The van der Waals surface area contributed by atoms with Crippen LogP contribution in [-0.2, 0) is 23.0 Å². The number of carbonyl (C=O) groups is 2. The second-order valence-electron chi connectivity index (χ2n) is 8.23. The van der Waals surface area contributed by atoms with Crippen molar-refractivity contribution in [3.8, 4) is 0 Å². The van der Waals surface area contributed by atoms with Crippen molar-refractivity contribution in [1.82, 2.24) is 20.5 Å². The molecule has 7 nitrogen and oxygen atoms in total. The van der Waals surface area contributed by atoms with Gasteiger partial charge in [0.25, 0.3) is 11.8 Å². The second-order valence-corrected chi connectivity index (χ2v) is 8.23. The molecule has 1 saturated heterocycles. The number of rotatable bonds is 4. The molecular weight excluding hydrogens is 392 g/mol. The van der Waals surface area contributed by atoms with Crippen LogP contribution in [0.1, 0.15) is 27.5 Å². The van der Waals surface area contributed by atoms with Crippen LogP contribution in [0.15, 0.2) is 54.7 Å². The summed E-state index contributed by atoms with van der Waals surface area (Å²) in [5.41, 5.74) is 3.87. The van der Waals surface area contributed by atoms with Gasteiger partial charge in [0, 0.05) is 42.8 Å². The van der Waals surface area contributed by atoms with Crippen LogP contribution in [0.4, 0.5) is 0 Å². The van der Waals surface area contributed by atoms with Crippen molar-refractivity contribution in [2.45, 2.75) is 24.6 Å². The zero-order chi connectivity index (χ0) is 21.4. The second kappa shape index (κ2) is 8.17. The van der Waals surface area contributed by atoms with Gasteiger partial charge in [-0.2, -0.15) is 0 Å². The van der Waals surface area contributed by atoms with Crippen LogP contribution < -0.4 is 16.0 Å². The number of benzene rings is 2. The van der Waals surface area contributed by atoms with Crippen molar-refractivity contribution in [3.63, 3.8) is 0 Å². The molecule has 3 N–H and O–H groups in total. The number of fused-ring (bicyclic) bond motifs is 2. The van der Waals surface area contributed by atoms with E-state index in [1.807, 2.05) is 60.3 Å². The molecule has 0 unspecified atom stereocenters. The summed E-state index contributed by atoms with van der Waals surface area (Å²) in [4.78, 5) is 25.9. The van der Waals surface area contributed by atoms with Gasteiger partial charge in [0.15, 0.2) is 0 Å². The maximum Gasteiger partial charge on any atom is 0.251 e. The standard InChI is InChI=1S/C24H26N4O3/c1-28-10-8-16-12-17(6-7-20(16)28)23(29)26-19-13-15-4-2-3-5-18(15)22(19)27-24(30)21-14-25-9-11-31-21/h2-8,10,12,19,21-22,25H,9,11,13-14H2,1H3,(H,26,29)(H,27,30)/t19-,21-,22-/m0/s1. The van der Waals surface area contributed by atoms with Gasteiger partial charge in [0.05, 0.1) is 18.7 Å². The summed E-state index contributed by atoms with van der Waals surface area (Å²) in [5, 5.41) is 10.5. The Bertz CT molecular complexity index is 1130. The zero-order valence-corrected chi connectivity index (χ0v) is 17.4. The van der Waals surface area contributed by atoms with Crippen molar-refractivity contribution in [2.75, 3.05) is 19.7 Å². The number of amides is 2. The number of ether oxygens (including phenoxy) is 1. The van der Waals surface area contributed by atoms with Crippen molar-refractivity contribution in [3.05, 3.63) is 71.4 Å². The predicted octanol–water partition coefficient (Wildman–Crippen LogP) is 1.68. The van der Waals surface area contributed by atoms with Crippen LogP contribution in [0.25, 0.3) is 10.9 Å². The summed E-state index contributed by atoms with van der Waals surface area (Å²) < 4.78 is 7.63. The van der Waals surface area contributed by atoms with Gasteiger partial charge in [-0.3, -0.25) is 9.59 Å². The van der Waals surface area contributed by atoms with E-state index in [9.17, 15) is 9.59 Å². The molecule has 0 spiro atoms. The highest BCUT2D eigenvalue weighted by Crippen LogP contribution is 2.32. The smallest absolute Gasteiger partial charge is 0.251 e. The van der Waals surface area contributed by atoms with Gasteiger partial charge >= 0.3 is 0 Å². The number of carbonyl (C=O) groups excluding carboxylic acids is 2. The molecule has 0 saturated carbocycles. The minimum Gasteiger partial charge on any atom is -0.366 e. The first kappa shape index (κ1) is 19.8.